The summed E-state index contributed by atoms with van der Waals surface area (Å²) in [6, 6.07) is 7.56. The van der Waals surface area contributed by atoms with E-state index in [9.17, 15) is 4.79 Å². The van der Waals surface area contributed by atoms with Gasteiger partial charge in [0.2, 0.25) is 0 Å². The lowest BCUT2D eigenvalue weighted by molar-refractivity contribution is -0.176. The Kier molecular flexibility index (Phi) is 7.30. The maximum Gasteiger partial charge on any atom is 0.157 e. The molecule has 0 spiro atoms. The number of halogens is 1. The highest BCUT2D eigenvalue weighted by molar-refractivity contribution is 6.30. The largest absolute Gasteiger partial charge is 0.375 e. The number of carbonyl (C=O) groups is 1. The first-order valence-electron chi connectivity index (χ1n) is 9.81. The second-order valence-corrected chi connectivity index (χ2v) is 7.72. The summed E-state index contributed by atoms with van der Waals surface area (Å²) in [4.78, 5) is 14.7. The highest BCUT2D eigenvalue weighted by atomic mass is 35.5. The zero-order valence-corrected chi connectivity index (χ0v) is 17.7. The average Bonchev–Trinajstić information content (AvgIpc) is 2.68. The van der Waals surface area contributed by atoms with Crippen molar-refractivity contribution in [2.45, 2.75) is 38.7 Å². The number of carbonyl (C=O) groups excluding carboxylic acids is 1. The lowest BCUT2D eigenvalue weighted by Crippen LogP contribution is -2.58. The minimum atomic E-state index is -0.309. The summed E-state index contributed by atoms with van der Waals surface area (Å²) >= 11 is 6.07. The molecule has 2 bridgehead atoms. The molecule has 1 saturated heterocycles. The zero-order chi connectivity index (χ0) is 21.0. The lowest BCUT2D eigenvalue weighted by atomic mass is 9.78. The number of nitrogens with zero attached hydrogens (tertiary/aromatic N) is 1. The van der Waals surface area contributed by atoms with Crippen LogP contribution >= 0.6 is 11.6 Å². The second-order valence-electron chi connectivity index (χ2n) is 7.29. The second kappa shape index (κ2) is 9.72. The predicted octanol–water partition coefficient (Wildman–Crippen LogP) is 4.53. The molecule has 2 heterocycles. The van der Waals surface area contributed by atoms with Gasteiger partial charge in [0.05, 0.1) is 25.9 Å². The number of hydrogen-bond donors (Lipinski definition) is 0. The minimum absolute atomic E-state index is 0.0461. The van der Waals surface area contributed by atoms with Crippen molar-refractivity contribution >= 4 is 23.1 Å². The van der Waals surface area contributed by atoms with Gasteiger partial charge in [-0.15, -0.1) is 13.2 Å². The van der Waals surface area contributed by atoms with E-state index < -0.39 is 0 Å². The van der Waals surface area contributed by atoms with Gasteiger partial charge in [-0.2, -0.15) is 0 Å². The van der Waals surface area contributed by atoms with Crippen molar-refractivity contribution in [1.29, 1.82) is 0 Å². The molecule has 0 radical (unpaired) electrons. The Morgan fingerprint density at radius 3 is 2.59 bits per heavy atom. The van der Waals surface area contributed by atoms with Gasteiger partial charge in [-0.3, -0.25) is 4.79 Å². The Labute approximate surface area is 177 Å². The number of rotatable bonds is 9. The summed E-state index contributed by atoms with van der Waals surface area (Å²) in [5.74, 6) is -0.0168. The number of ether oxygens (including phenoxy) is 3. The summed E-state index contributed by atoms with van der Waals surface area (Å²) in [7, 11) is 0. The molecule has 0 amide bonds. The maximum atomic E-state index is 12.7. The van der Waals surface area contributed by atoms with Crippen LogP contribution in [0, 0.1) is 5.92 Å². The highest BCUT2D eigenvalue weighted by Crippen LogP contribution is 2.43. The Balaban J connectivity index is 2.01. The van der Waals surface area contributed by atoms with Gasteiger partial charge in [-0.1, -0.05) is 23.8 Å². The fourth-order valence-electron chi connectivity index (χ4n) is 4.29. The molecular weight excluding hydrogens is 390 g/mol. The molecule has 2 unspecified atom stereocenters. The van der Waals surface area contributed by atoms with Gasteiger partial charge < -0.3 is 19.1 Å². The third-order valence-electron chi connectivity index (χ3n) is 5.37. The molecule has 3 rings (SSSR count). The average molecular weight is 418 g/mol. The van der Waals surface area contributed by atoms with Crippen molar-refractivity contribution in [2.75, 3.05) is 24.7 Å². The molecule has 1 aromatic rings. The van der Waals surface area contributed by atoms with Crippen molar-refractivity contribution in [2.24, 2.45) is 5.92 Å². The Morgan fingerprint density at radius 2 is 1.97 bits per heavy atom. The van der Waals surface area contributed by atoms with Crippen LogP contribution in [0.15, 0.2) is 60.8 Å². The van der Waals surface area contributed by atoms with E-state index in [-0.39, 0.29) is 30.1 Å². The standard InChI is InChI=1S/C23H28ClNO4/c1-5-11-27-14-20-23(28-12-6-2)19-13-21(29-20)25(15(3)22(19)16(4)26)18-9-7-17(24)8-10-18/h5-10,19-21,23H,1-2,11-14H2,3-4H3/t19?,20-,21?,23+/m1/s1. The molecule has 0 aliphatic carbocycles. The van der Waals surface area contributed by atoms with Crippen molar-refractivity contribution in [3.8, 4) is 0 Å². The summed E-state index contributed by atoms with van der Waals surface area (Å²) in [6.07, 6.45) is 3.26. The topological polar surface area (TPSA) is 48.0 Å². The number of anilines is 1. The molecule has 2 aliphatic rings. The summed E-state index contributed by atoms with van der Waals surface area (Å²) in [5, 5.41) is 0.662. The molecule has 156 valence electrons. The molecule has 0 N–H and O–H groups in total. The SMILES string of the molecule is C=CCOC[C@H]1OC2CC(C(C(C)=O)=C(C)N2c2ccc(Cl)cc2)[C@@H]1OCC=C. The molecule has 2 aliphatic heterocycles. The van der Waals surface area contributed by atoms with Gasteiger partial charge in [-0.05, 0) is 38.1 Å². The molecule has 0 saturated carbocycles. The Hall–Kier alpha value is -1.92. The lowest BCUT2D eigenvalue weighted by Gasteiger charge is -2.50. The molecule has 4 atom stereocenters. The third-order valence-corrected chi connectivity index (χ3v) is 5.62. The molecule has 0 aromatic heterocycles. The van der Waals surface area contributed by atoms with Gasteiger partial charge in [-0.25, -0.2) is 0 Å². The number of fused-ring (bicyclic) bond motifs is 2. The van der Waals surface area contributed by atoms with Gasteiger partial charge in [0, 0.05) is 34.3 Å². The Morgan fingerprint density at radius 1 is 1.28 bits per heavy atom. The van der Waals surface area contributed by atoms with E-state index in [1.54, 1.807) is 19.1 Å². The van der Waals surface area contributed by atoms with Crippen LogP contribution in [-0.2, 0) is 19.0 Å². The first-order valence-corrected chi connectivity index (χ1v) is 10.2. The van der Waals surface area contributed by atoms with E-state index >= 15 is 0 Å². The number of Topliss-reactive ketones (excluding diaryl/α,β-unsaturated/α-hetero) is 1. The van der Waals surface area contributed by atoms with Gasteiger partial charge in [0.1, 0.15) is 12.3 Å². The van der Waals surface area contributed by atoms with E-state index in [2.05, 4.69) is 18.1 Å². The fraction of sp³-hybridized carbons (Fsp3) is 0.435. The van der Waals surface area contributed by atoms with E-state index in [1.165, 1.54) is 0 Å². The van der Waals surface area contributed by atoms with Crippen LogP contribution in [0.2, 0.25) is 5.02 Å². The minimum Gasteiger partial charge on any atom is -0.375 e. The smallest absolute Gasteiger partial charge is 0.157 e. The van der Waals surface area contributed by atoms with Crippen molar-refractivity contribution in [1.82, 2.24) is 0 Å². The van der Waals surface area contributed by atoms with E-state index in [1.807, 2.05) is 31.2 Å². The van der Waals surface area contributed by atoms with Crippen LogP contribution in [0.3, 0.4) is 0 Å². The molecule has 1 fully saturated rings. The number of allylic oxidation sites excluding steroid dienone is 1. The fourth-order valence-corrected chi connectivity index (χ4v) is 4.42. The number of benzene rings is 1. The van der Waals surface area contributed by atoms with Crippen molar-refractivity contribution in [3.63, 3.8) is 0 Å². The monoisotopic (exact) mass is 417 g/mol. The van der Waals surface area contributed by atoms with Crippen molar-refractivity contribution < 1.29 is 19.0 Å². The van der Waals surface area contributed by atoms with Crippen LogP contribution in [0.5, 0.6) is 0 Å². The summed E-state index contributed by atoms with van der Waals surface area (Å²) < 4.78 is 18.2. The van der Waals surface area contributed by atoms with E-state index in [4.69, 9.17) is 25.8 Å². The molecular formula is C23H28ClNO4. The Bertz CT molecular complexity index is 789. The number of hydrogen-bond acceptors (Lipinski definition) is 5. The van der Waals surface area contributed by atoms with E-state index in [0.29, 0.717) is 31.3 Å². The highest BCUT2D eigenvalue weighted by Gasteiger charge is 2.48. The maximum absolute atomic E-state index is 12.7. The van der Waals surface area contributed by atoms with Crippen LogP contribution in [0.1, 0.15) is 20.3 Å². The predicted molar refractivity (Wildman–Crippen MR) is 115 cm³/mol. The normalized spacial score (nSPS) is 26.4. The molecule has 1 aromatic carbocycles. The molecule has 6 heteroatoms. The summed E-state index contributed by atoms with van der Waals surface area (Å²) in [6.45, 7) is 12.2. The van der Waals surface area contributed by atoms with Gasteiger partial charge >= 0.3 is 0 Å². The summed E-state index contributed by atoms with van der Waals surface area (Å²) in [5.41, 5.74) is 2.60. The quantitative estimate of drug-likeness (QED) is 0.436. The van der Waals surface area contributed by atoms with Crippen LogP contribution in [0.4, 0.5) is 5.69 Å². The van der Waals surface area contributed by atoms with Crippen LogP contribution in [-0.4, -0.2) is 44.0 Å². The molecule has 5 nitrogen and oxygen atoms in total. The van der Waals surface area contributed by atoms with Crippen LogP contribution in [0.25, 0.3) is 0 Å². The zero-order valence-electron chi connectivity index (χ0n) is 17.0. The first kappa shape index (κ1) is 21.8. The van der Waals surface area contributed by atoms with Crippen LogP contribution < -0.4 is 4.90 Å². The first-order chi connectivity index (χ1) is 14.0. The van der Waals surface area contributed by atoms with Crippen molar-refractivity contribution in [3.05, 3.63) is 65.9 Å². The number of ketones is 1. The molecule has 29 heavy (non-hydrogen) atoms. The third kappa shape index (κ3) is 4.64. The van der Waals surface area contributed by atoms with E-state index in [0.717, 1.165) is 17.0 Å². The van der Waals surface area contributed by atoms with Gasteiger partial charge in [0.15, 0.2) is 5.78 Å². The van der Waals surface area contributed by atoms with Gasteiger partial charge in [0.25, 0.3) is 0 Å².